The highest BCUT2D eigenvalue weighted by molar-refractivity contribution is 5.96. The van der Waals surface area contributed by atoms with Gasteiger partial charge in [0.2, 0.25) is 0 Å². The van der Waals surface area contributed by atoms with Crippen LogP contribution in [0.3, 0.4) is 0 Å². The molecule has 0 aromatic carbocycles. The zero-order valence-corrected chi connectivity index (χ0v) is 8.55. The minimum absolute atomic E-state index is 0.194. The molecule has 80 valence electrons. The Bertz CT molecular complexity index is 538. The lowest BCUT2D eigenvalue weighted by Gasteiger charge is -2.02. The van der Waals surface area contributed by atoms with Gasteiger partial charge >= 0.3 is 0 Å². The van der Waals surface area contributed by atoms with Gasteiger partial charge in [-0.3, -0.25) is 9.78 Å². The van der Waals surface area contributed by atoms with Crippen molar-refractivity contribution in [1.82, 2.24) is 20.3 Å². The van der Waals surface area contributed by atoms with Gasteiger partial charge in [0, 0.05) is 25.1 Å². The first kappa shape index (κ1) is 10.2. The normalized spacial score (nSPS) is 10.0. The van der Waals surface area contributed by atoms with Gasteiger partial charge in [0.05, 0.1) is 5.56 Å². The Morgan fingerprint density at radius 2 is 2.19 bits per heavy atom. The molecule has 1 amide bonds. The molecule has 5 heteroatoms. The van der Waals surface area contributed by atoms with Crippen LogP contribution in [0.1, 0.15) is 10.4 Å². The van der Waals surface area contributed by atoms with Crippen LogP contribution in [0.2, 0.25) is 0 Å². The Hall–Kier alpha value is -2.30. The Labute approximate surface area is 92.3 Å². The largest absolute Gasteiger partial charge is 0.349 e. The molecular formula is C11H10N4O. The van der Waals surface area contributed by atoms with E-state index in [1.807, 2.05) is 0 Å². The quantitative estimate of drug-likeness (QED) is 0.772. The lowest BCUT2D eigenvalue weighted by molar-refractivity contribution is 0.0958. The highest BCUT2D eigenvalue weighted by atomic mass is 16.1. The Morgan fingerprint density at radius 1 is 1.38 bits per heavy atom. The maximum absolute atomic E-state index is 11.6. The summed E-state index contributed by atoms with van der Waals surface area (Å²) in [5, 5.41) is 2.67. The van der Waals surface area contributed by atoms with E-state index in [1.54, 1.807) is 24.5 Å². The van der Waals surface area contributed by atoms with Crippen molar-refractivity contribution < 1.29 is 4.79 Å². The summed E-state index contributed by atoms with van der Waals surface area (Å²) in [6.45, 7) is 3.95. The summed E-state index contributed by atoms with van der Waals surface area (Å²) in [5.74, 6) is -0.194. The van der Waals surface area contributed by atoms with Crippen molar-refractivity contribution in [3.05, 3.63) is 42.9 Å². The molecule has 2 rings (SSSR count). The molecule has 0 saturated heterocycles. The third-order valence-corrected chi connectivity index (χ3v) is 1.99. The minimum atomic E-state index is -0.194. The van der Waals surface area contributed by atoms with E-state index in [0.29, 0.717) is 23.3 Å². The summed E-state index contributed by atoms with van der Waals surface area (Å²) in [4.78, 5) is 23.8. The van der Waals surface area contributed by atoms with Crippen LogP contribution in [0, 0.1) is 0 Å². The van der Waals surface area contributed by atoms with Gasteiger partial charge in [0.1, 0.15) is 5.52 Å². The van der Waals surface area contributed by atoms with Crippen LogP contribution in [0.15, 0.2) is 37.3 Å². The number of hydrogen-bond acceptors (Lipinski definition) is 4. The molecule has 1 N–H and O–H groups in total. The summed E-state index contributed by atoms with van der Waals surface area (Å²) in [5.41, 5.74) is 1.60. The van der Waals surface area contributed by atoms with E-state index in [-0.39, 0.29) is 5.91 Å². The molecule has 5 nitrogen and oxygen atoms in total. The number of aromatic nitrogens is 3. The highest BCUT2D eigenvalue weighted by Gasteiger charge is 2.06. The van der Waals surface area contributed by atoms with Gasteiger partial charge in [-0.2, -0.15) is 0 Å². The second-order valence-electron chi connectivity index (χ2n) is 3.12. The first-order valence-corrected chi connectivity index (χ1v) is 4.77. The van der Waals surface area contributed by atoms with Crippen molar-refractivity contribution in [2.24, 2.45) is 0 Å². The molecule has 0 saturated carbocycles. The average Bonchev–Trinajstić information content (AvgIpc) is 2.35. The SMILES string of the molecule is C=CCNC(=O)c1cnc2nccnc2c1. The second-order valence-corrected chi connectivity index (χ2v) is 3.12. The highest BCUT2D eigenvalue weighted by Crippen LogP contribution is 2.07. The topological polar surface area (TPSA) is 67.8 Å². The Balaban J connectivity index is 2.32. The van der Waals surface area contributed by atoms with Gasteiger partial charge in [-0.25, -0.2) is 9.97 Å². The zero-order valence-electron chi connectivity index (χ0n) is 8.55. The van der Waals surface area contributed by atoms with Gasteiger partial charge in [0.15, 0.2) is 5.65 Å². The fourth-order valence-corrected chi connectivity index (χ4v) is 1.25. The molecule has 0 spiro atoms. The number of amides is 1. The number of carbonyl (C=O) groups excluding carboxylic acids is 1. The summed E-state index contributed by atoms with van der Waals surface area (Å²) in [7, 11) is 0. The molecule has 0 aliphatic carbocycles. The van der Waals surface area contributed by atoms with E-state index in [2.05, 4.69) is 26.8 Å². The van der Waals surface area contributed by atoms with Gasteiger partial charge in [-0.1, -0.05) is 6.08 Å². The number of nitrogens with one attached hydrogen (secondary N) is 1. The second kappa shape index (κ2) is 4.48. The van der Waals surface area contributed by atoms with E-state index in [1.165, 1.54) is 6.20 Å². The van der Waals surface area contributed by atoms with Crippen LogP contribution in [0.5, 0.6) is 0 Å². The molecule has 2 aromatic heterocycles. The number of carbonyl (C=O) groups is 1. The van der Waals surface area contributed by atoms with Gasteiger partial charge in [-0.15, -0.1) is 6.58 Å². The molecule has 0 atom stereocenters. The lowest BCUT2D eigenvalue weighted by atomic mass is 10.2. The molecule has 0 aliphatic heterocycles. The van der Waals surface area contributed by atoms with E-state index < -0.39 is 0 Å². The van der Waals surface area contributed by atoms with Crippen LogP contribution in [-0.4, -0.2) is 27.4 Å². The predicted octanol–water partition coefficient (Wildman–Crippen LogP) is 0.941. The van der Waals surface area contributed by atoms with E-state index in [0.717, 1.165) is 0 Å². The molecule has 0 radical (unpaired) electrons. The molecule has 2 aromatic rings. The van der Waals surface area contributed by atoms with Gasteiger partial charge < -0.3 is 5.32 Å². The van der Waals surface area contributed by atoms with Crippen LogP contribution in [0.25, 0.3) is 11.2 Å². The van der Waals surface area contributed by atoms with Crippen molar-refractivity contribution in [2.75, 3.05) is 6.54 Å². The Kier molecular flexibility index (Phi) is 2.86. The number of pyridine rings is 1. The van der Waals surface area contributed by atoms with E-state index in [4.69, 9.17) is 0 Å². The molecule has 0 aliphatic rings. The fraction of sp³-hybridized carbons (Fsp3) is 0.0909. The molecule has 0 unspecified atom stereocenters. The number of rotatable bonds is 3. The molecule has 2 heterocycles. The van der Waals surface area contributed by atoms with Crippen LogP contribution >= 0.6 is 0 Å². The number of fused-ring (bicyclic) bond motifs is 1. The van der Waals surface area contributed by atoms with Gasteiger partial charge in [0.25, 0.3) is 5.91 Å². The average molecular weight is 214 g/mol. The summed E-state index contributed by atoms with van der Waals surface area (Å²) in [6, 6.07) is 1.66. The first-order valence-electron chi connectivity index (χ1n) is 4.77. The molecule has 0 bridgehead atoms. The number of nitrogens with zero attached hydrogens (tertiary/aromatic N) is 3. The van der Waals surface area contributed by atoms with Crippen molar-refractivity contribution in [2.45, 2.75) is 0 Å². The fourth-order valence-electron chi connectivity index (χ4n) is 1.25. The molecule has 0 fully saturated rings. The third kappa shape index (κ3) is 2.03. The van der Waals surface area contributed by atoms with Crippen molar-refractivity contribution >= 4 is 17.1 Å². The monoisotopic (exact) mass is 214 g/mol. The summed E-state index contributed by atoms with van der Waals surface area (Å²) < 4.78 is 0. The number of hydrogen-bond donors (Lipinski definition) is 1. The lowest BCUT2D eigenvalue weighted by Crippen LogP contribution is -2.23. The summed E-state index contributed by atoms with van der Waals surface area (Å²) in [6.07, 6.45) is 6.23. The van der Waals surface area contributed by atoms with Crippen molar-refractivity contribution in [3.8, 4) is 0 Å². The standard InChI is InChI=1S/C11H10N4O/c1-2-3-14-11(16)8-6-9-10(15-7-8)13-5-4-12-9/h2,4-7H,1,3H2,(H,14,16). The maximum atomic E-state index is 11.6. The predicted molar refractivity (Wildman–Crippen MR) is 59.9 cm³/mol. The van der Waals surface area contributed by atoms with Crippen LogP contribution < -0.4 is 5.32 Å². The molecule has 16 heavy (non-hydrogen) atoms. The van der Waals surface area contributed by atoms with E-state index >= 15 is 0 Å². The minimum Gasteiger partial charge on any atom is -0.349 e. The summed E-state index contributed by atoms with van der Waals surface area (Å²) >= 11 is 0. The van der Waals surface area contributed by atoms with E-state index in [9.17, 15) is 4.79 Å². The van der Waals surface area contributed by atoms with Gasteiger partial charge in [-0.05, 0) is 6.07 Å². The third-order valence-electron chi connectivity index (χ3n) is 1.99. The van der Waals surface area contributed by atoms with Crippen molar-refractivity contribution in [3.63, 3.8) is 0 Å². The first-order chi connectivity index (χ1) is 7.81. The zero-order chi connectivity index (χ0) is 11.4. The van der Waals surface area contributed by atoms with Crippen LogP contribution in [0.4, 0.5) is 0 Å². The Morgan fingerprint density at radius 3 is 3.00 bits per heavy atom. The molecular weight excluding hydrogens is 204 g/mol. The maximum Gasteiger partial charge on any atom is 0.253 e. The van der Waals surface area contributed by atoms with Crippen molar-refractivity contribution in [1.29, 1.82) is 0 Å². The smallest absolute Gasteiger partial charge is 0.253 e. The van der Waals surface area contributed by atoms with Crippen LogP contribution in [-0.2, 0) is 0 Å².